The van der Waals surface area contributed by atoms with Gasteiger partial charge in [-0.1, -0.05) is 122 Å². The van der Waals surface area contributed by atoms with Crippen LogP contribution >= 0.6 is 0 Å². The second kappa shape index (κ2) is 19.9. The molecular weight excluding hydrogens is 460 g/mol. The highest BCUT2D eigenvalue weighted by Crippen LogP contribution is 2.35. The summed E-state index contributed by atoms with van der Waals surface area (Å²) >= 11 is 0. The van der Waals surface area contributed by atoms with Crippen molar-refractivity contribution in [3.63, 3.8) is 0 Å². The van der Waals surface area contributed by atoms with Crippen LogP contribution < -0.4 is 5.32 Å². The van der Waals surface area contributed by atoms with Crippen molar-refractivity contribution in [2.45, 2.75) is 112 Å². The highest BCUT2D eigenvalue weighted by atomic mass is 15.1. The molecule has 1 heterocycles. The molecule has 0 spiro atoms. The zero-order valence-corrected chi connectivity index (χ0v) is 26.1. The lowest BCUT2D eigenvalue weighted by Crippen LogP contribution is -2.39. The average Bonchev–Trinajstić information content (AvgIpc) is 2.96. The number of likely N-dealkylation sites (tertiary alicyclic amines) is 1. The first kappa shape index (κ1) is 34.0. The van der Waals surface area contributed by atoms with Crippen LogP contribution in [0.2, 0.25) is 0 Å². The molecule has 2 aliphatic carbocycles. The maximum Gasteiger partial charge on any atom is 0.0484 e. The minimum absolute atomic E-state index is 0.315. The Morgan fingerprint density at radius 3 is 2.26 bits per heavy atom. The molecule has 3 unspecified atom stereocenters. The molecule has 1 aliphatic heterocycles. The summed E-state index contributed by atoms with van der Waals surface area (Å²) in [6.45, 7) is 23.2. The van der Waals surface area contributed by atoms with E-state index in [4.69, 9.17) is 0 Å². The first-order valence-corrected chi connectivity index (χ1v) is 15.7. The number of allylic oxidation sites excluding steroid dienone is 3. The van der Waals surface area contributed by atoms with Crippen LogP contribution in [-0.2, 0) is 6.42 Å². The van der Waals surface area contributed by atoms with E-state index in [-0.39, 0.29) is 0 Å². The molecule has 1 aromatic carbocycles. The molecule has 1 saturated heterocycles. The zero-order valence-electron chi connectivity index (χ0n) is 26.1. The van der Waals surface area contributed by atoms with E-state index in [0.717, 1.165) is 24.0 Å². The summed E-state index contributed by atoms with van der Waals surface area (Å²) in [6.07, 6.45) is 20.0. The molecule has 0 aromatic heterocycles. The minimum atomic E-state index is 0.315. The third kappa shape index (κ3) is 11.8. The lowest BCUT2D eigenvalue weighted by atomic mass is 9.75. The maximum absolute atomic E-state index is 4.21. The van der Waals surface area contributed by atoms with Crippen molar-refractivity contribution in [3.05, 3.63) is 77.9 Å². The Kier molecular flexibility index (Phi) is 17.8. The number of rotatable bonds is 8. The van der Waals surface area contributed by atoms with E-state index < -0.39 is 0 Å². The fourth-order valence-corrected chi connectivity index (χ4v) is 5.77. The van der Waals surface area contributed by atoms with Gasteiger partial charge in [0.2, 0.25) is 0 Å². The fourth-order valence-electron chi connectivity index (χ4n) is 5.77. The molecule has 1 aromatic rings. The fraction of sp³-hybridized carbons (Fsp3) is 0.611. The van der Waals surface area contributed by atoms with Gasteiger partial charge >= 0.3 is 0 Å². The summed E-state index contributed by atoms with van der Waals surface area (Å²) in [5.41, 5.74) is 6.11. The van der Waals surface area contributed by atoms with Gasteiger partial charge in [0.1, 0.15) is 0 Å². The number of piperidine rings is 1. The molecule has 2 nitrogen and oxygen atoms in total. The van der Waals surface area contributed by atoms with Crippen molar-refractivity contribution in [3.8, 4) is 0 Å². The van der Waals surface area contributed by atoms with Crippen LogP contribution in [-0.4, -0.2) is 31.1 Å². The monoisotopic (exact) mass is 520 g/mol. The Morgan fingerprint density at radius 1 is 1.00 bits per heavy atom. The second-order valence-corrected chi connectivity index (χ2v) is 10.7. The molecule has 3 aliphatic rings. The number of aryl methyl sites for hydroxylation is 1. The topological polar surface area (TPSA) is 15.3 Å². The SMILES string of the molecule is C=CC1=CCC(NC(=C)c2ccc(CCCCC)cc2)C=C1C.CC.CC.CN1CCC2CCCCC2C1. The largest absolute Gasteiger partial charge is 0.379 e. The number of nitrogens with one attached hydrogen (secondary N) is 1. The third-order valence-corrected chi connectivity index (χ3v) is 7.94. The Balaban J connectivity index is 0.000000399. The molecule has 0 bridgehead atoms. The van der Waals surface area contributed by atoms with Gasteiger partial charge in [0.15, 0.2) is 0 Å². The van der Waals surface area contributed by atoms with Crippen LogP contribution in [0.15, 0.2) is 66.8 Å². The first-order valence-electron chi connectivity index (χ1n) is 15.7. The van der Waals surface area contributed by atoms with Gasteiger partial charge in [-0.3, -0.25) is 0 Å². The molecule has 3 atom stereocenters. The summed E-state index contributed by atoms with van der Waals surface area (Å²) in [7, 11) is 2.27. The Morgan fingerprint density at radius 2 is 1.66 bits per heavy atom. The number of hydrogen-bond acceptors (Lipinski definition) is 2. The van der Waals surface area contributed by atoms with Gasteiger partial charge < -0.3 is 10.2 Å². The van der Waals surface area contributed by atoms with E-state index in [1.165, 1.54) is 93.2 Å². The normalized spacial score (nSPS) is 22.3. The Hall–Kier alpha value is -2.06. The molecule has 1 saturated carbocycles. The lowest BCUT2D eigenvalue weighted by Gasteiger charge is -2.39. The third-order valence-electron chi connectivity index (χ3n) is 7.94. The van der Waals surface area contributed by atoms with E-state index in [1.54, 1.807) is 0 Å². The van der Waals surface area contributed by atoms with Crippen molar-refractivity contribution in [2.24, 2.45) is 11.8 Å². The van der Waals surface area contributed by atoms with Crippen LogP contribution in [0.3, 0.4) is 0 Å². The van der Waals surface area contributed by atoms with Crippen molar-refractivity contribution < 1.29 is 0 Å². The minimum Gasteiger partial charge on any atom is -0.379 e. The Labute approximate surface area is 237 Å². The van der Waals surface area contributed by atoms with Gasteiger partial charge in [-0.2, -0.15) is 0 Å². The van der Waals surface area contributed by atoms with Crippen LogP contribution in [0, 0.1) is 11.8 Å². The molecule has 214 valence electrons. The van der Waals surface area contributed by atoms with Crippen LogP contribution in [0.25, 0.3) is 5.70 Å². The molecule has 4 rings (SSSR count). The van der Waals surface area contributed by atoms with Gasteiger partial charge in [0, 0.05) is 18.3 Å². The molecular formula is C36H60N2. The van der Waals surface area contributed by atoms with Crippen LogP contribution in [0.1, 0.15) is 110 Å². The zero-order chi connectivity index (χ0) is 28.3. The van der Waals surface area contributed by atoms with Crippen LogP contribution in [0.5, 0.6) is 0 Å². The van der Waals surface area contributed by atoms with E-state index in [2.05, 4.69) is 80.7 Å². The predicted molar refractivity (Wildman–Crippen MR) is 173 cm³/mol. The van der Waals surface area contributed by atoms with Gasteiger partial charge in [-0.15, -0.1) is 0 Å². The number of unbranched alkanes of at least 4 members (excludes halogenated alkanes) is 2. The molecule has 0 radical (unpaired) electrons. The predicted octanol–water partition coefficient (Wildman–Crippen LogP) is 9.99. The quantitative estimate of drug-likeness (QED) is 0.343. The van der Waals surface area contributed by atoms with Gasteiger partial charge in [-0.05, 0) is 86.7 Å². The summed E-state index contributed by atoms with van der Waals surface area (Å²) in [6, 6.07) is 9.14. The number of fused-ring (bicyclic) bond motifs is 1. The summed E-state index contributed by atoms with van der Waals surface area (Å²) in [4.78, 5) is 2.51. The number of benzene rings is 1. The molecule has 38 heavy (non-hydrogen) atoms. The molecule has 2 fully saturated rings. The average molecular weight is 521 g/mol. The van der Waals surface area contributed by atoms with Crippen molar-refractivity contribution in [1.82, 2.24) is 10.2 Å². The number of nitrogens with zero attached hydrogens (tertiary/aromatic N) is 1. The van der Waals surface area contributed by atoms with Gasteiger partial charge in [-0.25, -0.2) is 0 Å². The van der Waals surface area contributed by atoms with E-state index >= 15 is 0 Å². The van der Waals surface area contributed by atoms with Crippen molar-refractivity contribution >= 4 is 5.70 Å². The molecule has 2 heteroatoms. The highest BCUT2D eigenvalue weighted by molar-refractivity contribution is 5.62. The molecule has 1 N–H and O–H groups in total. The number of hydrogen-bond donors (Lipinski definition) is 1. The van der Waals surface area contributed by atoms with Crippen molar-refractivity contribution in [1.29, 1.82) is 0 Å². The van der Waals surface area contributed by atoms with Crippen LogP contribution in [0.4, 0.5) is 0 Å². The second-order valence-electron chi connectivity index (χ2n) is 10.7. The smallest absolute Gasteiger partial charge is 0.0484 e. The summed E-state index contributed by atoms with van der Waals surface area (Å²) in [5.74, 6) is 2.16. The molecule has 0 amide bonds. The van der Waals surface area contributed by atoms with Crippen molar-refractivity contribution in [2.75, 3.05) is 20.1 Å². The Bertz CT molecular complexity index is 845. The summed E-state index contributed by atoms with van der Waals surface area (Å²) < 4.78 is 0. The van der Waals surface area contributed by atoms with Gasteiger partial charge in [0.05, 0.1) is 0 Å². The first-order chi connectivity index (χ1) is 18.5. The van der Waals surface area contributed by atoms with E-state index in [9.17, 15) is 0 Å². The summed E-state index contributed by atoms with van der Waals surface area (Å²) in [5, 5.41) is 3.53. The maximum atomic E-state index is 4.21. The lowest BCUT2D eigenvalue weighted by molar-refractivity contribution is 0.105. The van der Waals surface area contributed by atoms with Gasteiger partial charge in [0.25, 0.3) is 0 Å². The standard InChI is InChI=1S/C22H29N.C10H19N.2C2H6/c1-5-7-8-9-19-10-12-21(13-11-19)18(4)23-22-15-14-20(6-2)17(3)16-22;1-11-7-6-9-4-2-3-5-10(9)8-11;2*1-2/h6,10-14,16,22-23H,2,4-5,7-9,15H2,1,3H3;9-10H,2-8H2,1H3;2*1-2H3. The van der Waals surface area contributed by atoms with E-state index in [1.807, 2.05) is 33.8 Å². The van der Waals surface area contributed by atoms with E-state index in [0.29, 0.717) is 6.04 Å². The highest BCUT2D eigenvalue weighted by Gasteiger charge is 2.29.